The predicted octanol–water partition coefficient (Wildman–Crippen LogP) is 3.63. The second-order valence-corrected chi connectivity index (χ2v) is 4.05. The molecule has 0 saturated heterocycles. The summed E-state index contributed by atoms with van der Waals surface area (Å²) in [6.07, 6.45) is 0. The van der Waals surface area contributed by atoms with E-state index < -0.39 is 0 Å². The highest BCUT2D eigenvalue weighted by Crippen LogP contribution is 2.00. The molecule has 0 heterocycles. The number of benzene rings is 2. The minimum absolute atomic E-state index is 0.463. The quantitative estimate of drug-likeness (QED) is 0.462. The Morgan fingerprint density at radius 1 is 1.00 bits per heavy atom. The molecule has 0 spiro atoms. The van der Waals surface area contributed by atoms with E-state index in [-0.39, 0.29) is 0 Å². The van der Waals surface area contributed by atoms with Crippen molar-refractivity contribution in [3.05, 3.63) is 71.8 Å². The molecule has 2 rings (SSSR count). The van der Waals surface area contributed by atoms with Crippen LogP contribution < -0.4 is 0 Å². The van der Waals surface area contributed by atoms with Crippen LogP contribution in [0.5, 0.6) is 0 Å². The van der Waals surface area contributed by atoms with Crippen LogP contribution in [0.15, 0.2) is 65.8 Å². The van der Waals surface area contributed by atoms with Crippen molar-refractivity contribution >= 4 is 5.71 Å². The highest BCUT2D eigenvalue weighted by molar-refractivity contribution is 5.98. The molecule has 19 heavy (non-hydrogen) atoms. The Morgan fingerprint density at radius 2 is 1.63 bits per heavy atom. The molecular weight excluding hydrogens is 234 g/mol. The Bertz CT molecular complexity index is 591. The van der Waals surface area contributed by atoms with Crippen LogP contribution in [0.1, 0.15) is 18.1 Å². The topological polar surface area (TPSA) is 21.6 Å². The summed E-state index contributed by atoms with van der Waals surface area (Å²) in [5.74, 6) is 5.99. The zero-order valence-electron chi connectivity index (χ0n) is 10.8. The Kier molecular flexibility index (Phi) is 4.78. The maximum absolute atomic E-state index is 5.26. The molecule has 0 aromatic heterocycles. The van der Waals surface area contributed by atoms with Crippen LogP contribution in [-0.2, 0) is 11.4 Å². The number of hydrogen-bond donors (Lipinski definition) is 0. The van der Waals surface area contributed by atoms with Gasteiger partial charge in [-0.25, -0.2) is 0 Å². The van der Waals surface area contributed by atoms with E-state index in [4.69, 9.17) is 4.84 Å². The highest BCUT2D eigenvalue weighted by atomic mass is 16.6. The molecule has 0 aliphatic carbocycles. The van der Waals surface area contributed by atoms with Crippen molar-refractivity contribution in [3.63, 3.8) is 0 Å². The smallest absolute Gasteiger partial charge is 0.142 e. The van der Waals surface area contributed by atoms with Gasteiger partial charge in [0.15, 0.2) is 0 Å². The number of nitrogens with zero attached hydrogens (tertiary/aromatic N) is 1. The van der Waals surface area contributed by atoms with Gasteiger partial charge in [0.25, 0.3) is 0 Å². The van der Waals surface area contributed by atoms with Gasteiger partial charge in [-0.15, -0.1) is 0 Å². The third-order valence-corrected chi connectivity index (χ3v) is 2.44. The first-order valence-corrected chi connectivity index (χ1v) is 6.12. The van der Waals surface area contributed by atoms with Gasteiger partial charge >= 0.3 is 0 Å². The third kappa shape index (κ3) is 4.69. The summed E-state index contributed by atoms with van der Waals surface area (Å²) in [5.41, 5.74) is 2.73. The number of rotatable bonds is 3. The fourth-order valence-electron chi connectivity index (χ4n) is 1.48. The lowest BCUT2D eigenvalue weighted by Crippen LogP contribution is -1.91. The van der Waals surface area contributed by atoms with Crippen molar-refractivity contribution in [1.82, 2.24) is 0 Å². The van der Waals surface area contributed by atoms with Crippen LogP contribution in [0.4, 0.5) is 0 Å². The Hall–Kier alpha value is -2.53. The molecule has 0 amide bonds. The van der Waals surface area contributed by atoms with E-state index >= 15 is 0 Å². The molecule has 0 unspecified atom stereocenters. The Labute approximate surface area is 113 Å². The lowest BCUT2D eigenvalue weighted by atomic mass is 10.2. The summed E-state index contributed by atoms with van der Waals surface area (Å²) in [6.45, 7) is 2.30. The molecule has 2 aromatic carbocycles. The zero-order valence-corrected chi connectivity index (χ0v) is 10.8. The predicted molar refractivity (Wildman–Crippen MR) is 77.7 cm³/mol. The van der Waals surface area contributed by atoms with Crippen LogP contribution in [0.2, 0.25) is 0 Å². The Balaban J connectivity index is 1.88. The van der Waals surface area contributed by atoms with Crippen molar-refractivity contribution in [2.24, 2.45) is 5.16 Å². The minimum Gasteiger partial charge on any atom is -0.390 e. The SMILES string of the molecule is CC(C#Cc1ccccc1)=NOCc1ccccc1. The van der Waals surface area contributed by atoms with Crippen LogP contribution in [0, 0.1) is 11.8 Å². The first-order chi connectivity index (χ1) is 9.34. The van der Waals surface area contributed by atoms with E-state index in [0.29, 0.717) is 12.3 Å². The molecule has 0 saturated carbocycles. The van der Waals surface area contributed by atoms with Crippen LogP contribution in [0.25, 0.3) is 0 Å². The van der Waals surface area contributed by atoms with E-state index in [9.17, 15) is 0 Å². The van der Waals surface area contributed by atoms with E-state index in [1.807, 2.05) is 67.6 Å². The van der Waals surface area contributed by atoms with E-state index in [2.05, 4.69) is 17.0 Å². The minimum atomic E-state index is 0.463. The summed E-state index contributed by atoms with van der Waals surface area (Å²) in [7, 11) is 0. The van der Waals surface area contributed by atoms with Crippen LogP contribution in [0.3, 0.4) is 0 Å². The van der Waals surface area contributed by atoms with Gasteiger partial charge in [0.2, 0.25) is 0 Å². The molecule has 0 aliphatic rings. The van der Waals surface area contributed by atoms with Gasteiger partial charge < -0.3 is 4.84 Å². The second kappa shape index (κ2) is 7.03. The molecule has 94 valence electrons. The standard InChI is InChI=1S/C17H15NO/c1-15(12-13-16-8-4-2-5-9-16)18-19-14-17-10-6-3-7-11-17/h2-11H,14H2,1H3. The van der Waals surface area contributed by atoms with Crippen molar-refractivity contribution in [2.45, 2.75) is 13.5 Å². The fourth-order valence-corrected chi connectivity index (χ4v) is 1.48. The van der Waals surface area contributed by atoms with Crippen molar-refractivity contribution < 1.29 is 4.84 Å². The van der Waals surface area contributed by atoms with Gasteiger partial charge in [0, 0.05) is 5.56 Å². The largest absolute Gasteiger partial charge is 0.390 e. The van der Waals surface area contributed by atoms with Crippen molar-refractivity contribution in [2.75, 3.05) is 0 Å². The number of oxime groups is 1. The van der Waals surface area contributed by atoms with Gasteiger partial charge in [-0.3, -0.25) is 0 Å². The molecular formula is C17H15NO. The normalized spacial score (nSPS) is 10.5. The van der Waals surface area contributed by atoms with Gasteiger partial charge in [-0.2, -0.15) is 0 Å². The molecule has 0 radical (unpaired) electrons. The summed E-state index contributed by atoms with van der Waals surface area (Å²) in [5, 5.41) is 3.98. The molecule has 2 heteroatoms. The zero-order chi connectivity index (χ0) is 13.3. The van der Waals surface area contributed by atoms with E-state index in [1.54, 1.807) is 0 Å². The van der Waals surface area contributed by atoms with Gasteiger partial charge in [0.1, 0.15) is 12.3 Å². The monoisotopic (exact) mass is 249 g/mol. The summed E-state index contributed by atoms with van der Waals surface area (Å²) in [4.78, 5) is 5.26. The average molecular weight is 249 g/mol. The highest BCUT2D eigenvalue weighted by Gasteiger charge is 1.90. The summed E-state index contributed by atoms with van der Waals surface area (Å²) in [6, 6.07) is 19.7. The Morgan fingerprint density at radius 3 is 2.32 bits per heavy atom. The van der Waals surface area contributed by atoms with Gasteiger partial charge in [-0.05, 0) is 30.5 Å². The molecule has 2 aromatic rings. The molecule has 2 nitrogen and oxygen atoms in total. The first-order valence-electron chi connectivity index (χ1n) is 6.12. The molecule has 0 N–H and O–H groups in total. The van der Waals surface area contributed by atoms with E-state index in [1.165, 1.54) is 0 Å². The third-order valence-electron chi connectivity index (χ3n) is 2.44. The number of hydrogen-bond acceptors (Lipinski definition) is 2. The first kappa shape index (κ1) is 12.9. The molecule has 0 bridgehead atoms. The molecule has 0 aliphatic heterocycles. The summed E-state index contributed by atoms with van der Waals surface area (Å²) >= 11 is 0. The average Bonchev–Trinajstić information content (AvgIpc) is 2.47. The van der Waals surface area contributed by atoms with Crippen LogP contribution >= 0.6 is 0 Å². The maximum atomic E-state index is 5.26. The molecule has 0 fully saturated rings. The van der Waals surface area contributed by atoms with Crippen LogP contribution in [-0.4, -0.2) is 5.71 Å². The molecule has 0 atom stereocenters. The van der Waals surface area contributed by atoms with Gasteiger partial charge in [0.05, 0.1) is 0 Å². The van der Waals surface area contributed by atoms with E-state index in [0.717, 1.165) is 11.1 Å². The summed E-state index contributed by atoms with van der Waals surface area (Å²) < 4.78 is 0. The second-order valence-electron chi connectivity index (χ2n) is 4.05. The fraction of sp³-hybridized carbons (Fsp3) is 0.118. The van der Waals surface area contributed by atoms with Gasteiger partial charge in [-0.1, -0.05) is 59.6 Å². The lowest BCUT2D eigenvalue weighted by molar-refractivity contribution is 0.131. The van der Waals surface area contributed by atoms with Crippen molar-refractivity contribution in [3.8, 4) is 11.8 Å². The lowest BCUT2D eigenvalue weighted by Gasteiger charge is -1.98. The van der Waals surface area contributed by atoms with Crippen molar-refractivity contribution in [1.29, 1.82) is 0 Å². The maximum Gasteiger partial charge on any atom is 0.142 e.